The molecule has 7 heteroatoms. The summed E-state index contributed by atoms with van der Waals surface area (Å²) in [6, 6.07) is 9.93. The number of carbonyl (C=O) groups is 1. The molecular weight excluding hydrogens is 414 g/mol. The van der Waals surface area contributed by atoms with E-state index >= 15 is 0 Å². The third-order valence-corrected chi connectivity index (χ3v) is 5.28. The lowest BCUT2D eigenvalue weighted by Crippen LogP contribution is -2.25. The third kappa shape index (κ3) is 2.61. The molecule has 3 aromatic rings. The number of benzene rings is 2. The van der Waals surface area contributed by atoms with Crippen LogP contribution in [0.4, 0.5) is 0 Å². The van der Waals surface area contributed by atoms with Gasteiger partial charge in [0, 0.05) is 11.5 Å². The second-order valence-electron chi connectivity index (χ2n) is 6.25. The normalized spacial score (nSPS) is 15.9. The van der Waals surface area contributed by atoms with E-state index in [1.54, 1.807) is 51.6 Å². The molecule has 0 fully saturated rings. The molecule has 0 aliphatic carbocycles. The molecule has 1 aliphatic rings. The van der Waals surface area contributed by atoms with Gasteiger partial charge in [0.05, 0.1) is 31.2 Å². The first-order chi connectivity index (χ1) is 13.0. The number of ether oxygens (including phenoxy) is 2. The molecule has 1 aliphatic heterocycles. The van der Waals surface area contributed by atoms with Crippen LogP contribution in [-0.2, 0) is 0 Å². The van der Waals surface area contributed by atoms with Crippen molar-refractivity contribution in [1.82, 2.24) is 4.90 Å². The molecular formula is C20H16BrNO5. The summed E-state index contributed by atoms with van der Waals surface area (Å²) in [5.74, 6) is 0.851. The number of nitrogens with zero attached hydrogens (tertiary/aromatic N) is 1. The Morgan fingerprint density at radius 3 is 2.48 bits per heavy atom. The molecule has 0 radical (unpaired) electrons. The van der Waals surface area contributed by atoms with Gasteiger partial charge in [0.25, 0.3) is 5.91 Å². The quantitative estimate of drug-likeness (QED) is 0.633. The van der Waals surface area contributed by atoms with Gasteiger partial charge in [-0.1, -0.05) is 22.0 Å². The van der Waals surface area contributed by atoms with Crippen LogP contribution < -0.4 is 14.9 Å². The van der Waals surface area contributed by atoms with Gasteiger partial charge in [-0.3, -0.25) is 9.59 Å². The van der Waals surface area contributed by atoms with Crippen LogP contribution in [0.2, 0.25) is 0 Å². The molecule has 0 unspecified atom stereocenters. The fraction of sp³-hybridized carbons (Fsp3) is 0.200. The lowest BCUT2D eigenvalue weighted by Gasteiger charge is -2.21. The summed E-state index contributed by atoms with van der Waals surface area (Å²) >= 11 is 3.38. The number of amides is 1. The van der Waals surface area contributed by atoms with E-state index in [1.807, 2.05) is 6.07 Å². The zero-order valence-electron chi connectivity index (χ0n) is 14.9. The van der Waals surface area contributed by atoms with E-state index in [0.29, 0.717) is 28.0 Å². The Bertz CT molecular complexity index is 1140. The van der Waals surface area contributed by atoms with E-state index in [2.05, 4.69) is 15.9 Å². The number of methoxy groups -OCH3 is 2. The summed E-state index contributed by atoms with van der Waals surface area (Å²) in [7, 11) is 4.74. The smallest absolute Gasteiger partial charge is 0.290 e. The number of hydrogen-bond donors (Lipinski definition) is 0. The Hall–Kier alpha value is -2.80. The van der Waals surface area contributed by atoms with Crippen molar-refractivity contribution in [2.45, 2.75) is 6.04 Å². The van der Waals surface area contributed by atoms with Crippen LogP contribution in [-0.4, -0.2) is 32.1 Å². The summed E-state index contributed by atoms with van der Waals surface area (Å²) < 4.78 is 17.2. The Balaban J connectivity index is 1.98. The molecule has 1 amide bonds. The highest BCUT2D eigenvalue weighted by Crippen LogP contribution is 2.40. The minimum Gasteiger partial charge on any atom is -0.493 e. The predicted octanol–water partition coefficient (Wildman–Crippen LogP) is 3.75. The Morgan fingerprint density at radius 2 is 1.78 bits per heavy atom. The van der Waals surface area contributed by atoms with Gasteiger partial charge in [-0.2, -0.15) is 0 Å². The number of halogens is 1. The van der Waals surface area contributed by atoms with E-state index in [1.165, 1.54) is 4.90 Å². The number of rotatable bonds is 3. The first-order valence-corrected chi connectivity index (χ1v) is 9.01. The van der Waals surface area contributed by atoms with Crippen molar-refractivity contribution in [3.8, 4) is 11.5 Å². The molecule has 138 valence electrons. The standard InChI is InChI=1S/C20H16BrNO5/c1-22-17(10-4-6-14(25-2)15(8-10)26-3)16-18(23)12-9-11(21)5-7-13(12)27-19(16)20(22)24/h4-9,17H,1-3H3/t17-/m1/s1. The summed E-state index contributed by atoms with van der Waals surface area (Å²) in [5.41, 5.74) is 1.24. The first-order valence-electron chi connectivity index (χ1n) is 8.21. The Labute approximate surface area is 163 Å². The summed E-state index contributed by atoms with van der Waals surface area (Å²) in [5, 5.41) is 0.428. The van der Waals surface area contributed by atoms with Crippen molar-refractivity contribution < 1.29 is 18.7 Å². The van der Waals surface area contributed by atoms with E-state index < -0.39 is 6.04 Å². The molecule has 1 aromatic heterocycles. The van der Waals surface area contributed by atoms with Crippen molar-refractivity contribution in [1.29, 1.82) is 0 Å². The fourth-order valence-electron chi connectivity index (χ4n) is 3.47. The minimum absolute atomic E-state index is 0.0807. The molecule has 0 spiro atoms. The maximum absolute atomic E-state index is 13.2. The second kappa shape index (κ2) is 6.42. The molecule has 2 heterocycles. The van der Waals surface area contributed by atoms with Crippen molar-refractivity contribution in [3.63, 3.8) is 0 Å². The van der Waals surface area contributed by atoms with Crippen LogP contribution in [0.5, 0.6) is 11.5 Å². The zero-order chi connectivity index (χ0) is 19.3. The maximum Gasteiger partial charge on any atom is 0.290 e. The van der Waals surface area contributed by atoms with Crippen molar-refractivity contribution in [3.05, 3.63) is 68.0 Å². The topological polar surface area (TPSA) is 69.0 Å². The van der Waals surface area contributed by atoms with Gasteiger partial charge in [0.2, 0.25) is 5.76 Å². The molecule has 0 saturated heterocycles. The van der Waals surface area contributed by atoms with Crippen molar-refractivity contribution in [2.24, 2.45) is 0 Å². The van der Waals surface area contributed by atoms with E-state index in [-0.39, 0.29) is 17.1 Å². The highest BCUT2D eigenvalue weighted by molar-refractivity contribution is 9.10. The average molecular weight is 430 g/mol. The van der Waals surface area contributed by atoms with Gasteiger partial charge in [-0.25, -0.2) is 0 Å². The number of fused-ring (bicyclic) bond motifs is 2. The summed E-state index contributed by atoms with van der Waals surface area (Å²) in [6.45, 7) is 0. The van der Waals surface area contributed by atoms with E-state index in [4.69, 9.17) is 13.9 Å². The van der Waals surface area contributed by atoms with Crippen LogP contribution in [0.15, 0.2) is 50.1 Å². The highest BCUT2D eigenvalue weighted by atomic mass is 79.9. The summed E-state index contributed by atoms with van der Waals surface area (Å²) in [4.78, 5) is 27.5. The van der Waals surface area contributed by atoms with Gasteiger partial charge < -0.3 is 18.8 Å². The predicted molar refractivity (Wildman–Crippen MR) is 104 cm³/mol. The van der Waals surface area contributed by atoms with Crippen LogP contribution in [0, 0.1) is 0 Å². The summed E-state index contributed by atoms with van der Waals surface area (Å²) in [6.07, 6.45) is 0. The monoisotopic (exact) mass is 429 g/mol. The molecule has 27 heavy (non-hydrogen) atoms. The maximum atomic E-state index is 13.2. The van der Waals surface area contributed by atoms with E-state index in [0.717, 1.165) is 10.0 Å². The van der Waals surface area contributed by atoms with Crippen LogP contribution in [0.3, 0.4) is 0 Å². The molecule has 0 bridgehead atoms. The zero-order valence-corrected chi connectivity index (χ0v) is 16.5. The SMILES string of the molecule is COc1ccc([C@@H]2c3c(oc4ccc(Br)cc4c3=O)C(=O)N2C)cc1OC. The van der Waals surface area contributed by atoms with Gasteiger partial charge in [0.1, 0.15) is 5.58 Å². The lowest BCUT2D eigenvalue weighted by atomic mass is 9.98. The third-order valence-electron chi connectivity index (χ3n) is 4.79. The van der Waals surface area contributed by atoms with Crippen LogP contribution in [0.1, 0.15) is 27.7 Å². The van der Waals surface area contributed by atoms with Gasteiger partial charge in [-0.05, 0) is 35.9 Å². The molecule has 4 rings (SSSR count). The molecule has 1 atom stereocenters. The average Bonchev–Trinajstić information content (AvgIpc) is 2.93. The lowest BCUT2D eigenvalue weighted by molar-refractivity contribution is 0.0771. The van der Waals surface area contributed by atoms with Crippen LogP contribution >= 0.6 is 15.9 Å². The largest absolute Gasteiger partial charge is 0.493 e. The van der Waals surface area contributed by atoms with Gasteiger partial charge >= 0.3 is 0 Å². The van der Waals surface area contributed by atoms with Crippen molar-refractivity contribution in [2.75, 3.05) is 21.3 Å². The number of carbonyl (C=O) groups excluding carboxylic acids is 1. The minimum atomic E-state index is -0.563. The van der Waals surface area contributed by atoms with Crippen LogP contribution in [0.25, 0.3) is 11.0 Å². The number of hydrogen-bond acceptors (Lipinski definition) is 5. The Morgan fingerprint density at radius 1 is 1.04 bits per heavy atom. The molecule has 2 aromatic carbocycles. The van der Waals surface area contributed by atoms with Crippen molar-refractivity contribution >= 4 is 32.8 Å². The van der Waals surface area contributed by atoms with Gasteiger partial charge in [-0.15, -0.1) is 0 Å². The molecule has 6 nitrogen and oxygen atoms in total. The fourth-order valence-corrected chi connectivity index (χ4v) is 3.83. The molecule has 0 saturated carbocycles. The Kier molecular flexibility index (Phi) is 4.19. The van der Waals surface area contributed by atoms with Gasteiger partial charge in [0.15, 0.2) is 16.9 Å². The molecule has 0 N–H and O–H groups in total. The second-order valence-corrected chi connectivity index (χ2v) is 7.16. The highest BCUT2D eigenvalue weighted by Gasteiger charge is 2.41. The van der Waals surface area contributed by atoms with E-state index in [9.17, 15) is 9.59 Å². The first kappa shape index (κ1) is 17.6.